The Bertz CT molecular complexity index is 874. The van der Waals surface area contributed by atoms with Crippen LogP contribution in [0.4, 0.5) is 0 Å². The lowest BCUT2D eigenvalue weighted by Crippen LogP contribution is -2.27. The van der Waals surface area contributed by atoms with Crippen LogP contribution < -0.4 is 0 Å². The Hall–Kier alpha value is -1.96. The summed E-state index contributed by atoms with van der Waals surface area (Å²) in [4.78, 5) is 23.5. The molecule has 124 valence electrons. The van der Waals surface area contributed by atoms with Crippen LogP contribution in [0.3, 0.4) is 0 Å². The standard InChI is InChI=1S/C18H19IN4O/c1-3-10-23-16(21-15-8-5-9-20-17(15)23)12-22(2)18(24)13-6-4-7-14(19)11-13/h4-9,11H,3,10,12H2,1-2H3. The molecule has 5 nitrogen and oxygen atoms in total. The molecule has 0 spiro atoms. The van der Waals surface area contributed by atoms with Gasteiger partial charge in [0.25, 0.3) is 5.91 Å². The van der Waals surface area contributed by atoms with Crippen LogP contribution in [0.1, 0.15) is 29.5 Å². The fraction of sp³-hybridized carbons (Fsp3) is 0.278. The smallest absolute Gasteiger partial charge is 0.254 e. The molecule has 0 radical (unpaired) electrons. The largest absolute Gasteiger partial charge is 0.334 e. The second-order valence-electron chi connectivity index (χ2n) is 5.70. The highest BCUT2D eigenvalue weighted by Crippen LogP contribution is 2.17. The highest BCUT2D eigenvalue weighted by molar-refractivity contribution is 14.1. The van der Waals surface area contributed by atoms with Gasteiger partial charge in [-0.3, -0.25) is 4.79 Å². The third-order valence-corrected chi connectivity index (χ3v) is 4.50. The Balaban J connectivity index is 1.88. The number of aromatic nitrogens is 3. The lowest BCUT2D eigenvalue weighted by molar-refractivity contribution is 0.0780. The van der Waals surface area contributed by atoms with Gasteiger partial charge in [0.15, 0.2) is 5.65 Å². The molecule has 2 heterocycles. The predicted molar refractivity (Wildman–Crippen MR) is 103 cm³/mol. The summed E-state index contributed by atoms with van der Waals surface area (Å²) in [5, 5.41) is 0. The van der Waals surface area contributed by atoms with Gasteiger partial charge in [-0.1, -0.05) is 13.0 Å². The number of fused-ring (bicyclic) bond motifs is 1. The average Bonchev–Trinajstić information content (AvgIpc) is 2.92. The van der Waals surface area contributed by atoms with E-state index in [-0.39, 0.29) is 5.91 Å². The number of rotatable bonds is 5. The van der Waals surface area contributed by atoms with Gasteiger partial charge >= 0.3 is 0 Å². The minimum atomic E-state index is -0.00317. The van der Waals surface area contributed by atoms with Gasteiger partial charge in [0.05, 0.1) is 6.54 Å². The van der Waals surface area contributed by atoms with Crippen molar-refractivity contribution in [3.8, 4) is 0 Å². The maximum Gasteiger partial charge on any atom is 0.254 e. The number of carbonyl (C=O) groups is 1. The van der Waals surface area contributed by atoms with Crippen LogP contribution >= 0.6 is 22.6 Å². The third kappa shape index (κ3) is 3.43. The van der Waals surface area contributed by atoms with Crippen LogP contribution in [0.15, 0.2) is 42.6 Å². The highest BCUT2D eigenvalue weighted by Gasteiger charge is 2.17. The number of nitrogens with zero attached hydrogens (tertiary/aromatic N) is 4. The minimum Gasteiger partial charge on any atom is -0.334 e. The molecule has 3 rings (SSSR count). The molecule has 0 fully saturated rings. The van der Waals surface area contributed by atoms with Crippen molar-refractivity contribution < 1.29 is 4.79 Å². The molecule has 1 amide bonds. The van der Waals surface area contributed by atoms with Gasteiger partial charge in [-0.15, -0.1) is 0 Å². The minimum absolute atomic E-state index is 0.00317. The molecule has 0 aliphatic heterocycles. The van der Waals surface area contributed by atoms with E-state index >= 15 is 0 Å². The summed E-state index contributed by atoms with van der Waals surface area (Å²) in [6.07, 6.45) is 2.77. The molecule has 2 aromatic heterocycles. The van der Waals surface area contributed by atoms with Crippen molar-refractivity contribution in [2.24, 2.45) is 0 Å². The van der Waals surface area contributed by atoms with Crippen LogP contribution in [0.2, 0.25) is 0 Å². The Morgan fingerprint density at radius 2 is 2.12 bits per heavy atom. The summed E-state index contributed by atoms with van der Waals surface area (Å²) in [6, 6.07) is 11.5. The summed E-state index contributed by atoms with van der Waals surface area (Å²) >= 11 is 2.22. The van der Waals surface area contributed by atoms with Crippen LogP contribution in [0.5, 0.6) is 0 Å². The first-order chi connectivity index (χ1) is 11.6. The number of benzene rings is 1. The van der Waals surface area contributed by atoms with Crippen molar-refractivity contribution in [3.63, 3.8) is 0 Å². The molecule has 0 bridgehead atoms. The first kappa shape index (κ1) is 16.9. The van der Waals surface area contributed by atoms with Gasteiger partial charge in [-0.2, -0.15) is 0 Å². The highest BCUT2D eigenvalue weighted by atomic mass is 127. The van der Waals surface area contributed by atoms with E-state index in [1.165, 1.54) is 0 Å². The summed E-state index contributed by atoms with van der Waals surface area (Å²) < 4.78 is 3.16. The third-order valence-electron chi connectivity index (χ3n) is 3.83. The summed E-state index contributed by atoms with van der Waals surface area (Å²) in [7, 11) is 1.81. The van der Waals surface area contributed by atoms with E-state index in [9.17, 15) is 4.79 Å². The zero-order chi connectivity index (χ0) is 17.1. The van der Waals surface area contributed by atoms with Gasteiger partial charge in [0.1, 0.15) is 11.3 Å². The summed E-state index contributed by atoms with van der Waals surface area (Å²) in [6.45, 7) is 3.42. The van der Waals surface area contributed by atoms with Crippen molar-refractivity contribution in [1.29, 1.82) is 0 Å². The van der Waals surface area contributed by atoms with Crippen LogP contribution in [0, 0.1) is 3.57 Å². The molecule has 0 aliphatic carbocycles. The first-order valence-electron chi connectivity index (χ1n) is 7.91. The number of aryl methyl sites for hydroxylation is 1. The predicted octanol–water partition coefficient (Wildman–Crippen LogP) is 3.72. The molecule has 0 atom stereocenters. The number of pyridine rings is 1. The molecule has 0 saturated heterocycles. The number of hydrogen-bond acceptors (Lipinski definition) is 3. The molecule has 0 aliphatic rings. The number of halogens is 1. The van der Waals surface area contributed by atoms with E-state index in [0.717, 1.165) is 33.5 Å². The van der Waals surface area contributed by atoms with Gasteiger partial charge in [0, 0.05) is 28.9 Å². The van der Waals surface area contributed by atoms with Crippen LogP contribution in [-0.4, -0.2) is 32.4 Å². The quantitative estimate of drug-likeness (QED) is 0.576. The van der Waals surface area contributed by atoms with Gasteiger partial charge in [-0.05, 0) is 59.3 Å². The molecular weight excluding hydrogens is 415 g/mol. The van der Waals surface area contributed by atoms with E-state index in [1.54, 1.807) is 11.1 Å². The number of carbonyl (C=O) groups excluding carboxylic acids is 1. The molecule has 0 unspecified atom stereocenters. The number of hydrogen-bond donors (Lipinski definition) is 0. The Kier molecular flexibility index (Phi) is 5.13. The number of amides is 1. The topological polar surface area (TPSA) is 51.0 Å². The van der Waals surface area contributed by atoms with Crippen LogP contribution in [0.25, 0.3) is 11.2 Å². The Morgan fingerprint density at radius 1 is 1.29 bits per heavy atom. The molecule has 3 aromatic rings. The maximum absolute atomic E-state index is 12.7. The van der Waals surface area contributed by atoms with E-state index in [2.05, 4.69) is 44.0 Å². The maximum atomic E-state index is 12.7. The molecule has 24 heavy (non-hydrogen) atoms. The van der Waals surface area contributed by atoms with Crippen molar-refractivity contribution in [2.75, 3.05) is 7.05 Å². The molecule has 6 heteroatoms. The monoisotopic (exact) mass is 434 g/mol. The van der Waals surface area contributed by atoms with Gasteiger partial charge in [-0.25, -0.2) is 9.97 Å². The summed E-state index contributed by atoms with van der Waals surface area (Å²) in [5.41, 5.74) is 2.45. The zero-order valence-corrected chi connectivity index (χ0v) is 15.9. The van der Waals surface area contributed by atoms with Crippen LogP contribution in [-0.2, 0) is 13.1 Å². The molecular formula is C18H19IN4O. The Morgan fingerprint density at radius 3 is 2.88 bits per heavy atom. The lowest BCUT2D eigenvalue weighted by Gasteiger charge is -2.18. The number of imidazole rings is 1. The van der Waals surface area contributed by atoms with E-state index < -0.39 is 0 Å². The average molecular weight is 434 g/mol. The van der Waals surface area contributed by atoms with E-state index in [4.69, 9.17) is 0 Å². The zero-order valence-electron chi connectivity index (χ0n) is 13.7. The SMILES string of the molecule is CCCn1c(CN(C)C(=O)c2cccc(I)c2)nc2cccnc21. The second-order valence-corrected chi connectivity index (χ2v) is 6.94. The molecule has 0 N–H and O–H groups in total. The molecule has 0 saturated carbocycles. The van der Waals surface area contributed by atoms with Crippen molar-refractivity contribution in [3.05, 3.63) is 57.6 Å². The molecule has 1 aromatic carbocycles. The van der Waals surface area contributed by atoms with Crippen molar-refractivity contribution in [2.45, 2.75) is 26.4 Å². The summed E-state index contributed by atoms with van der Waals surface area (Å²) in [5.74, 6) is 0.864. The van der Waals surface area contributed by atoms with Gasteiger partial charge < -0.3 is 9.47 Å². The van der Waals surface area contributed by atoms with E-state index in [0.29, 0.717) is 12.1 Å². The normalized spacial score (nSPS) is 11.0. The lowest BCUT2D eigenvalue weighted by atomic mass is 10.2. The van der Waals surface area contributed by atoms with Crippen molar-refractivity contribution >= 4 is 39.7 Å². The van der Waals surface area contributed by atoms with Crippen molar-refractivity contribution in [1.82, 2.24) is 19.4 Å². The second kappa shape index (κ2) is 7.29. The van der Waals surface area contributed by atoms with Gasteiger partial charge in [0.2, 0.25) is 0 Å². The fourth-order valence-electron chi connectivity index (χ4n) is 2.71. The first-order valence-corrected chi connectivity index (χ1v) is 8.99. The van der Waals surface area contributed by atoms with E-state index in [1.807, 2.05) is 43.4 Å². The fourth-order valence-corrected chi connectivity index (χ4v) is 3.25. The Labute approximate surface area is 154 Å².